The maximum absolute atomic E-state index is 12.7. The normalized spacial score (nSPS) is 26.8. The number of carbonyl (C=O) groups is 2. The van der Waals surface area contributed by atoms with Crippen molar-refractivity contribution in [2.24, 2.45) is 5.92 Å². The Morgan fingerprint density at radius 1 is 1.19 bits per heavy atom. The summed E-state index contributed by atoms with van der Waals surface area (Å²) in [5, 5.41) is 14.5. The Labute approximate surface area is 179 Å². The third-order valence-corrected chi connectivity index (χ3v) is 6.81. The molecule has 1 aromatic heterocycles. The number of carboxylic acid groups (broad SMARTS) is 1. The highest BCUT2D eigenvalue weighted by Crippen LogP contribution is 2.54. The van der Waals surface area contributed by atoms with E-state index in [0.29, 0.717) is 35.8 Å². The topological polar surface area (TPSA) is 110 Å². The minimum absolute atomic E-state index is 0.0439. The lowest BCUT2D eigenvalue weighted by atomic mass is 9.81. The van der Waals surface area contributed by atoms with Crippen molar-refractivity contribution in [3.8, 4) is 22.8 Å². The van der Waals surface area contributed by atoms with Gasteiger partial charge in [0.15, 0.2) is 11.5 Å². The fourth-order valence-electron chi connectivity index (χ4n) is 5.26. The SMILES string of the molecule is Cc1c2c(c(-c3ccco3)c3c1C(=O)NCC3)OC(C)(C1CCC(NC(=O)O)CC1)O2. The van der Waals surface area contributed by atoms with E-state index in [1.54, 1.807) is 6.26 Å². The van der Waals surface area contributed by atoms with Crippen LogP contribution in [0.25, 0.3) is 11.3 Å². The van der Waals surface area contributed by atoms with E-state index in [9.17, 15) is 9.59 Å². The standard InChI is InChI=1S/C23H26N2O6/c1-12-17-15(9-10-24-21(17)26)18(16-4-3-11-29-16)20-19(12)30-23(2,31-20)13-5-7-14(8-6-13)25-22(27)28/h3-4,11,13-14,25H,5-10H2,1-2H3,(H,24,26)(H,27,28). The molecule has 1 aromatic carbocycles. The number of benzene rings is 1. The molecule has 3 N–H and O–H groups in total. The Morgan fingerprint density at radius 3 is 2.61 bits per heavy atom. The minimum atomic E-state index is -0.988. The van der Waals surface area contributed by atoms with Crippen molar-refractivity contribution < 1.29 is 28.6 Å². The number of carbonyl (C=O) groups excluding carboxylic acids is 1. The lowest BCUT2D eigenvalue weighted by molar-refractivity contribution is -0.121. The second-order valence-corrected chi connectivity index (χ2v) is 8.71. The number of amides is 2. The van der Waals surface area contributed by atoms with Crippen molar-refractivity contribution in [1.82, 2.24) is 10.6 Å². The first-order chi connectivity index (χ1) is 14.9. The van der Waals surface area contributed by atoms with E-state index < -0.39 is 11.9 Å². The molecule has 0 saturated heterocycles. The highest BCUT2D eigenvalue weighted by atomic mass is 16.7. The smallest absolute Gasteiger partial charge is 0.404 e. The fraction of sp³-hybridized carbons (Fsp3) is 0.478. The van der Waals surface area contributed by atoms with Gasteiger partial charge in [-0.2, -0.15) is 0 Å². The molecule has 3 heterocycles. The number of nitrogens with one attached hydrogen (secondary N) is 2. The Kier molecular flexibility index (Phi) is 4.60. The first kappa shape index (κ1) is 19.8. The molecule has 1 atom stereocenters. The van der Waals surface area contributed by atoms with Gasteiger partial charge < -0.3 is 29.6 Å². The van der Waals surface area contributed by atoms with E-state index in [-0.39, 0.29) is 17.9 Å². The molecule has 5 rings (SSSR count). The van der Waals surface area contributed by atoms with Gasteiger partial charge in [0.25, 0.3) is 11.7 Å². The summed E-state index contributed by atoms with van der Waals surface area (Å²) in [5.41, 5.74) is 3.14. The van der Waals surface area contributed by atoms with Gasteiger partial charge in [-0.3, -0.25) is 4.79 Å². The molecule has 164 valence electrons. The van der Waals surface area contributed by atoms with Crippen LogP contribution in [-0.4, -0.2) is 35.5 Å². The highest BCUT2D eigenvalue weighted by molar-refractivity contribution is 6.02. The number of rotatable bonds is 3. The van der Waals surface area contributed by atoms with Crippen molar-refractivity contribution in [3.05, 3.63) is 35.1 Å². The molecule has 2 amide bonds. The summed E-state index contributed by atoms with van der Waals surface area (Å²) in [7, 11) is 0. The van der Waals surface area contributed by atoms with Crippen LogP contribution in [0.1, 0.15) is 54.1 Å². The Hall–Kier alpha value is -3.16. The van der Waals surface area contributed by atoms with Gasteiger partial charge in [-0.25, -0.2) is 4.79 Å². The van der Waals surface area contributed by atoms with Crippen LogP contribution < -0.4 is 20.1 Å². The number of hydrogen-bond acceptors (Lipinski definition) is 5. The average molecular weight is 426 g/mol. The van der Waals surface area contributed by atoms with Gasteiger partial charge in [-0.1, -0.05) is 0 Å². The molecular formula is C23H26N2O6. The number of fused-ring (bicyclic) bond motifs is 2. The number of furan rings is 1. The van der Waals surface area contributed by atoms with Gasteiger partial charge in [0.05, 0.1) is 17.4 Å². The van der Waals surface area contributed by atoms with Crippen molar-refractivity contribution in [2.45, 2.75) is 57.8 Å². The predicted octanol–water partition coefficient (Wildman–Crippen LogP) is 3.85. The zero-order valence-electron chi connectivity index (χ0n) is 17.6. The zero-order chi connectivity index (χ0) is 21.8. The predicted molar refractivity (Wildman–Crippen MR) is 111 cm³/mol. The summed E-state index contributed by atoms with van der Waals surface area (Å²) in [6.07, 6.45) is 4.35. The average Bonchev–Trinajstić information content (AvgIpc) is 3.37. The summed E-state index contributed by atoms with van der Waals surface area (Å²) in [5.74, 6) is 0.991. The van der Waals surface area contributed by atoms with E-state index in [1.807, 2.05) is 26.0 Å². The number of hydrogen-bond donors (Lipinski definition) is 3. The molecule has 2 aliphatic heterocycles. The van der Waals surface area contributed by atoms with Crippen LogP contribution in [0.2, 0.25) is 0 Å². The maximum Gasteiger partial charge on any atom is 0.404 e. The van der Waals surface area contributed by atoms with Gasteiger partial charge in [0.1, 0.15) is 5.76 Å². The van der Waals surface area contributed by atoms with Crippen LogP contribution in [0.4, 0.5) is 4.79 Å². The Morgan fingerprint density at radius 2 is 1.94 bits per heavy atom. The molecule has 1 aliphatic carbocycles. The van der Waals surface area contributed by atoms with Gasteiger partial charge in [0.2, 0.25) is 0 Å². The van der Waals surface area contributed by atoms with E-state index in [4.69, 9.17) is 19.0 Å². The second kappa shape index (κ2) is 7.21. The summed E-state index contributed by atoms with van der Waals surface area (Å²) in [4.78, 5) is 23.7. The van der Waals surface area contributed by atoms with Crippen molar-refractivity contribution in [3.63, 3.8) is 0 Å². The zero-order valence-corrected chi connectivity index (χ0v) is 17.6. The van der Waals surface area contributed by atoms with Crippen molar-refractivity contribution >= 4 is 12.0 Å². The van der Waals surface area contributed by atoms with E-state index in [0.717, 1.165) is 42.4 Å². The van der Waals surface area contributed by atoms with Crippen LogP contribution in [0, 0.1) is 12.8 Å². The summed E-state index contributed by atoms with van der Waals surface area (Å²) in [6, 6.07) is 3.65. The lowest BCUT2D eigenvalue weighted by Gasteiger charge is -2.37. The maximum atomic E-state index is 12.7. The van der Waals surface area contributed by atoms with Crippen LogP contribution in [0.3, 0.4) is 0 Å². The monoisotopic (exact) mass is 426 g/mol. The fourth-order valence-corrected chi connectivity index (χ4v) is 5.26. The molecule has 3 aliphatic rings. The quantitative estimate of drug-likeness (QED) is 0.688. The van der Waals surface area contributed by atoms with Crippen molar-refractivity contribution in [1.29, 1.82) is 0 Å². The molecule has 31 heavy (non-hydrogen) atoms. The second-order valence-electron chi connectivity index (χ2n) is 8.71. The summed E-state index contributed by atoms with van der Waals surface area (Å²) < 4.78 is 18.7. The molecule has 0 radical (unpaired) electrons. The van der Waals surface area contributed by atoms with Crippen LogP contribution in [-0.2, 0) is 6.42 Å². The molecule has 1 fully saturated rings. The first-order valence-electron chi connectivity index (χ1n) is 10.8. The van der Waals surface area contributed by atoms with E-state index in [2.05, 4.69) is 10.6 Å². The molecule has 1 unspecified atom stereocenters. The molecule has 8 nitrogen and oxygen atoms in total. The minimum Gasteiger partial charge on any atom is -0.465 e. The van der Waals surface area contributed by atoms with E-state index in [1.165, 1.54) is 0 Å². The Balaban J connectivity index is 1.52. The van der Waals surface area contributed by atoms with E-state index >= 15 is 0 Å². The molecular weight excluding hydrogens is 400 g/mol. The van der Waals surface area contributed by atoms with Gasteiger partial charge in [0, 0.05) is 31.0 Å². The third kappa shape index (κ3) is 3.21. The van der Waals surface area contributed by atoms with Gasteiger partial charge >= 0.3 is 6.09 Å². The summed E-state index contributed by atoms with van der Waals surface area (Å²) >= 11 is 0. The van der Waals surface area contributed by atoms with Gasteiger partial charge in [-0.05, 0) is 56.7 Å². The van der Waals surface area contributed by atoms with Crippen LogP contribution in [0.5, 0.6) is 11.5 Å². The molecule has 0 spiro atoms. The van der Waals surface area contributed by atoms with Gasteiger partial charge in [-0.15, -0.1) is 0 Å². The lowest BCUT2D eigenvalue weighted by Crippen LogP contribution is -2.47. The third-order valence-electron chi connectivity index (χ3n) is 6.81. The molecule has 2 aromatic rings. The Bertz CT molecular complexity index is 1040. The summed E-state index contributed by atoms with van der Waals surface area (Å²) in [6.45, 7) is 4.40. The largest absolute Gasteiger partial charge is 0.465 e. The van der Waals surface area contributed by atoms with Crippen LogP contribution in [0.15, 0.2) is 22.8 Å². The van der Waals surface area contributed by atoms with Crippen molar-refractivity contribution in [2.75, 3.05) is 6.54 Å². The molecule has 1 saturated carbocycles. The van der Waals surface area contributed by atoms with Crippen LogP contribution >= 0.6 is 0 Å². The molecule has 8 heteroatoms. The highest BCUT2D eigenvalue weighted by Gasteiger charge is 2.48. The molecule has 0 bridgehead atoms. The number of ether oxygens (including phenoxy) is 2. The first-order valence-corrected chi connectivity index (χ1v) is 10.8.